The number of ether oxygens (including phenoxy) is 1. The number of aromatic nitrogens is 1. The quantitative estimate of drug-likeness (QED) is 0.484. The van der Waals surface area contributed by atoms with Crippen LogP contribution in [0.3, 0.4) is 0 Å². The van der Waals surface area contributed by atoms with Gasteiger partial charge in [-0.15, -0.1) is 0 Å². The Morgan fingerprint density at radius 3 is 2.87 bits per heavy atom. The van der Waals surface area contributed by atoms with E-state index in [1.807, 2.05) is 0 Å². The Morgan fingerprint density at radius 1 is 1.39 bits per heavy atom. The molecule has 2 aliphatic rings. The zero-order chi connectivity index (χ0) is 22.3. The van der Waals surface area contributed by atoms with Gasteiger partial charge in [-0.25, -0.2) is 9.37 Å². The van der Waals surface area contributed by atoms with E-state index in [0.717, 1.165) is 17.7 Å². The second-order valence-corrected chi connectivity index (χ2v) is 9.44. The van der Waals surface area contributed by atoms with Crippen molar-refractivity contribution in [1.82, 2.24) is 10.3 Å². The van der Waals surface area contributed by atoms with Gasteiger partial charge in [0, 0.05) is 41.4 Å². The highest BCUT2D eigenvalue weighted by Crippen LogP contribution is 2.55. The molecule has 0 unspecified atom stereocenters. The minimum absolute atomic E-state index is 0.0305. The summed E-state index contributed by atoms with van der Waals surface area (Å²) in [7, 11) is 0. The largest absolute Gasteiger partial charge is 0.465 e. The van der Waals surface area contributed by atoms with Crippen molar-refractivity contribution >= 4 is 34.9 Å². The van der Waals surface area contributed by atoms with Crippen LogP contribution in [0.1, 0.15) is 44.2 Å². The van der Waals surface area contributed by atoms with E-state index in [0.29, 0.717) is 23.2 Å². The number of hydrogen-bond acceptors (Lipinski definition) is 5. The first-order chi connectivity index (χ1) is 14.8. The van der Waals surface area contributed by atoms with Crippen LogP contribution in [0.4, 0.5) is 10.1 Å². The number of carbonyl (C=O) groups is 1. The van der Waals surface area contributed by atoms with Crippen molar-refractivity contribution in [3.63, 3.8) is 0 Å². The van der Waals surface area contributed by atoms with E-state index in [1.165, 1.54) is 6.07 Å². The van der Waals surface area contributed by atoms with Crippen molar-refractivity contribution < 1.29 is 13.9 Å². The fraction of sp³-hybridized carbons (Fsp3) is 0.478. The lowest BCUT2D eigenvalue weighted by Crippen LogP contribution is -2.45. The number of halogens is 3. The van der Waals surface area contributed by atoms with E-state index in [1.54, 1.807) is 31.3 Å². The molecule has 1 saturated heterocycles. The second kappa shape index (κ2) is 8.57. The number of hydrogen-bond donors (Lipinski definition) is 2. The average molecular weight is 466 g/mol. The summed E-state index contributed by atoms with van der Waals surface area (Å²) in [6.45, 7) is 6.79. The van der Waals surface area contributed by atoms with Crippen LogP contribution in [0, 0.1) is 11.7 Å². The Kier molecular flexibility index (Phi) is 6.16. The molecule has 2 N–H and O–H groups in total. The lowest BCUT2D eigenvalue weighted by atomic mass is 9.64. The molecule has 0 amide bonds. The highest BCUT2D eigenvalue weighted by Gasteiger charge is 2.61. The van der Waals surface area contributed by atoms with Gasteiger partial charge in [0.2, 0.25) is 0 Å². The molecule has 1 spiro atoms. The summed E-state index contributed by atoms with van der Waals surface area (Å²) in [6.07, 6.45) is 2.54. The standard InChI is InChI=1S/C23H26Cl2FN3O2/c1-4-31-22(30)21-19(13-6-5-7-15(24)20(13)26)23(17(29-21)8-12(2)3)11-28-16-9-18(25)27-10-14(16)23/h5-7,9-10,12,17,19,21,28-29H,4,8,11H2,1-3H3/t17-,19-,21+,23-/m0/s1. The van der Waals surface area contributed by atoms with Gasteiger partial charge in [-0.05, 0) is 37.0 Å². The molecule has 2 aliphatic heterocycles. The molecule has 1 fully saturated rings. The van der Waals surface area contributed by atoms with Gasteiger partial charge in [0.1, 0.15) is 17.0 Å². The van der Waals surface area contributed by atoms with Crippen molar-refractivity contribution in [2.24, 2.45) is 5.92 Å². The predicted octanol–water partition coefficient (Wildman–Crippen LogP) is 4.92. The Hall–Kier alpha value is -1.89. The molecule has 4 atom stereocenters. The molecule has 0 aliphatic carbocycles. The summed E-state index contributed by atoms with van der Waals surface area (Å²) >= 11 is 12.3. The number of nitrogens with one attached hydrogen (secondary N) is 2. The summed E-state index contributed by atoms with van der Waals surface area (Å²) in [5, 5.41) is 7.34. The Labute approximate surface area is 191 Å². The normalized spacial score (nSPS) is 26.9. The molecule has 8 heteroatoms. The zero-order valence-electron chi connectivity index (χ0n) is 17.7. The first-order valence-electron chi connectivity index (χ1n) is 10.6. The number of nitrogens with zero attached hydrogens (tertiary/aromatic N) is 1. The highest BCUT2D eigenvalue weighted by atomic mass is 35.5. The molecule has 1 aromatic carbocycles. The molecule has 3 heterocycles. The fourth-order valence-corrected chi connectivity index (χ4v) is 5.59. The Bertz CT molecular complexity index is 1000. The number of fused-ring (bicyclic) bond motifs is 2. The van der Waals surface area contributed by atoms with Crippen LogP contribution in [0.2, 0.25) is 10.2 Å². The van der Waals surface area contributed by atoms with Gasteiger partial charge in [-0.1, -0.05) is 49.2 Å². The number of carbonyl (C=O) groups excluding carboxylic acids is 1. The van der Waals surface area contributed by atoms with Gasteiger partial charge in [-0.2, -0.15) is 0 Å². The topological polar surface area (TPSA) is 63.2 Å². The molecule has 5 nitrogen and oxygen atoms in total. The van der Waals surface area contributed by atoms with E-state index in [-0.39, 0.29) is 17.7 Å². The third kappa shape index (κ3) is 3.69. The van der Waals surface area contributed by atoms with Crippen LogP contribution in [0.25, 0.3) is 0 Å². The molecule has 0 radical (unpaired) electrons. The van der Waals surface area contributed by atoms with Crippen molar-refractivity contribution in [2.75, 3.05) is 18.5 Å². The monoisotopic (exact) mass is 465 g/mol. The minimum atomic E-state index is -0.722. The molecule has 2 aromatic rings. The molecule has 0 bridgehead atoms. The van der Waals surface area contributed by atoms with E-state index in [4.69, 9.17) is 27.9 Å². The lowest BCUT2D eigenvalue weighted by molar-refractivity contribution is -0.145. The minimum Gasteiger partial charge on any atom is -0.465 e. The van der Waals surface area contributed by atoms with E-state index in [2.05, 4.69) is 29.5 Å². The fourth-order valence-electron chi connectivity index (χ4n) is 5.25. The van der Waals surface area contributed by atoms with Crippen LogP contribution in [0.5, 0.6) is 0 Å². The van der Waals surface area contributed by atoms with Gasteiger partial charge in [0.05, 0.1) is 11.6 Å². The number of rotatable bonds is 5. The molecular weight excluding hydrogens is 440 g/mol. The third-order valence-corrected chi connectivity index (χ3v) is 6.90. The first kappa shape index (κ1) is 22.3. The lowest BCUT2D eigenvalue weighted by Gasteiger charge is -2.37. The predicted molar refractivity (Wildman–Crippen MR) is 120 cm³/mol. The van der Waals surface area contributed by atoms with Gasteiger partial charge in [0.15, 0.2) is 0 Å². The maximum atomic E-state index is 15.4. The second-order valence-electron chi connectivity index (χ2n) is 8.65. The van der Waals surface area contributed by atoms with Crippen molar-refractivity contribution in [3.8, 4) is 0 Å². The summed E-state index contributed by atoms with van der Waals surface area (Å²) in [4.78, 5) is 17.4. The zero-order valence-corrected chi connectivity index (χ0v) is 19.2. The summed E-state index contributed by atoms with van der Waals surface area (Å²) in [5.41, 5.74) is 1.55. The van der Waals surface area contributed by atoms with Crippen LogP contribution < -0.4 is 10.6 Å². The third-order valence-electron chi connectivity index (χ3n) is 6.40. The van der Waals surface area contributed by atoms with Crippen LogP contribution in [-0.4, -0.2) is 36.2 Å². The maximum absolute atomic E-state index is 15.4. The summed E-state index contributed by atoms with van der Waals surface area (Å²) in [6, 6.07) is 5.89. The van der Waals surface area contributed by atoms with Crippen LogP contribution >= 0.6 is 23.2 Å². The van der Waals surface area contributed by atoms with Crippen molar-refractivity contribution in [2.45, 2.75) is 50.6 Å². The molecule has 4 rings (SSSR count). The highest BCUT2D eigenvalue weighted by molar-refractivity contribution is 6.30. The number of benzene rings is 1. The van der Waals surface area contributed by atoms with Gasteiger partial charge < -0.3 is 15.4 Å². The Balaban J connectivity index is 1.95. The maximum Gasteiger partial charge on any atom is 0.323 e. The Morgan fingerprint density at radius 2 is 2.16 bits per heavy atom. The molecule has 166 valence electrons. The van der Waals surface area contributed by atoms with Crippen molar-refractivity contribution in [1.29, 1.82) is 0 Å². The average Bonchev–Trinajstić information content (AvgIpc) is 3.23. The molecule has 0 saturated carbocycles. The molecule has 31 heavy (non-hydrogen) atoms. The van der Waals surface area contributed by atoms with Crippen molar-refractivity contribution in [3.05, 3.63) is 57.6 Å². The smallest absolute Gasteiger partial charge is 0.323 e. The van der Waals surface area contributed by atoms with Crippen LogP contribution in [-0.2, 0) is 14.9 Å². The van der Waals surface area contributed by atoms with E-state index in [9.17, 15) is 4.79 Å². The number of anilines is 1. The summed E-state index contributed by atoms with van der Waals surface area (Å²) < 4.78 is 20.8. The molecular formula is C23H26Cl2FN3O2. The van der Waals surface area contributed by atoms with Gasteiger partial charge in [-0.3, -0.25) is 4.79 Å². The van der Waals surface area contributed by atoms with E-state index >= 15 is 4.39 Å². The van der Waals surface area contributed by atoms with E-state index < -0.39 is 29.2 Å². The SMILES string of the molecule is CCOC(=O)[C@@H]1N[C@@H](CC(C)C)[C@@]2(CNc3cc(Cl)ncc32)[C@H]1c1cccc(Cl)c1F. The van der Waals surface area contributed by atoms with Gasteiger partial charge in [0.25, 0.3) is 0 Å². The van der Waals surface area contributed by atoms with Crippen LogP contribution in [0.15, 0.2) is 30.5 Å². The van der Waals surface area contributed by atoms with Gasteiger partial charge >= 0.3 is 5.97 Å². The number of esters is 1. The molecule has 1 aromatic heterocycles. The summed E-state index contributed by atoms with van der Waals surface area (Å²) in [5.74, 6) is -1.09. The number of pyridine rings is 1. The first-order valence-corrected chi connectivity index (χ1v) is 11.3.